The average Bonchev–Trinajstić information content (AvgIpc) is 2.63. The fraction of sp³-hybridized carbons (Fsp3) is 0.867. The Morgan fingerprint density at radius 3 is 2.48 bits per heavy atom. The van der Waals surface area contributed by atoms with Gasteiger partial charge in [0.2, 0.25) is 0 Å². The minimum absolute atomic E-state index is 0.0395. The second-order valence-electron chi connectivity index (χ2n) is 7.77. The summed E-state index contributed by atoms with van der Waals surface area (Å²) < 4.78 is 25.2. The van der Waals surface area contributed by atoms with Gasteiger partial charge in [0, 0.05) is 0 Å². The van der Waals surface area contributed by atoms with Gasteiger partial charge in [0.25, 0.3) is 0 Å². The molecule has 1 saturated heterocycles. The maximum atomic E-state index is 6.29. The molecule has 2 rings (SSSR count). The van der Waals surface area contributed by atoms with Gasteiger partial charge in [-0.1, -0.05) is 20.8 Å². The molecule has 2 heterocycles. The van der Waals surface area contributed by atoms with Crippen molar-refractivity contribution in [2.24, 2.45) is 0 Å². The lowest BCUT2D eigenvalue weighted by atomic mass is 10.1. The molecule has 0 radical (unpaired) electrons. The van der Waals surface area contributed by atoms with Gasteiger partial charge >= 0.3 is 0 Å². The lowest BCUT2D eigenvalue weighted by molar-refractivity contribution is -0.154. The van der Waals surface area contributed by atoms with Crippen LogP contribution < -0.4 is 0 Å². The van der Waals surface area contributed by atoms with E-state index >= 15 is 0 Å². The third kappa shape index (κ3) is 3.83. The van der Waals surface area contributed by atoms with E-state index in [0.717, 1.165) is 3.58 Å². The van der Waals surface area contributed by atoms with E-state index in [2.05, 4.69) is 56.5 Å². The van der Waals surface area contributed by atoms with Crippen LogP contribution in [0.2, 0.25) is 18.1 Å². The highest BCUT2D eigenvalue weighted by molar-refractivity contribution is 14.1. The number of halogens is 1. The Labute approximate surface area is 142 Å². The largest absolute Gasteiger partial charge is 0.492 e. The van der Waals surface area contributed by atoms with Gasteiger partial charge in [0.1, 0.15) is 18.3 Å². The standard InChI is InChI=1S/C15H27IO4Si/c1-14(2,3)21(6,7)18-9-11-13-12(10(16)8-17-11)19-15(4,5)20-13/h8,11-13H,9H2,1-7H3/t11-,12+,13-/m1/s1. The Hall–Kier alpha value is 0.367. The molecule has 0 aliphatic carbocycles. The first-order chi connectivity index (χ1) is 9.43. The molecule has 4 nitrogen and oxygen atoms in total. The fourth-order valence-corrected chi connectivity index (χ4v) is 3.85. The van der Waals surface area contributed by atoms with E-state index in [-0.39, 0.29) is 23.4 Å². The first-order valence-corrected chi connectivity index (χ1v) is 11.4. The third-order valence-electron chi connectivity index (χ3n) is 4.54. The molecular weight excluding hydrogens is 399 g/mol. The molecular formula is C15H27IO4Si. The van der Waals surface area contributed by atoms with Crippen LogP contribution in [0.1, 0.15) is 34.6 Å². The zero-order valence-corrected chi connectivity index (χ0v) is 17.2. The predicted octanol–water partition coefficient (Wildman–Crippen LogP) is 4.20. The van der Waals surface area contributed by atoms with Gasteiger partial charge in [-0.25, -0.2) is 0 Å². The van der Waals surface area contributed by atoms with Crippen molar-refractivity contribution < 1.29 is 18.6 Å². The van der Waals surface area contributed by atoms with Crippen LogP contribution >= 0.6 is 22.6 Å². The summed E-state index contributed by atoms with van der Waals surface area (Å²) in [6.07, 6.45) is 1.54. The zero-order chi connectivity index (χ0) is 16.1. The molecule has 0 saturated carbocycles. The van der Waals surface area contributed by atoms with E-state index in [0.29, 0.717) is 6.61 Å². The van der Waals surface area contributed by atoms with Crippen molar-refractivity contribution >= 4 is 30.9 Å². The van der Waals surface area contributed by atoms with Crippen LogP contribution in [0.4, 0.5) is 0 Å². The molecule has 21 heavy (non-hydrogen) atoms. The van der Waals surface area contributed by atoms with Crippen molar-refractivity contribution in [1.29, 1.82) is 0 Å². The van der Waals surface area contributed by atoms with Crippen LogP contribution in [0.3, 0.4) is 0 Å². The molecule has 0 bridgehead atoms. The maximum absolute atomic E-state index is 6.29. The molecule has 0 N–H and O–H groups in total. The second kappa shape index (κ2) is 5.78. The minimum atomic E-state index is -1.78. The van der Waals surface area contributed by atoms with E-state index in [1.807, 2.05) is 13.8 Å². The lowest BCUT2D eigenvalue weighted by Crippen LogP contribution is -2.48. The molecule has 122 valence electrons. The van der Waals surface area contributed by atoms with Crippen molar-refractivity contribution in [3.05, 3.63) is 9.84 Å². The molecule has 0 spiro atoms. The van der Waals surface area contributed by atoms with Crippen LogP contribution in [0, 0.1) is 0 Å². The Morgan fingerprint density at radius 2 is 1.90 bits per heavy atom. The highest BCUT2D eigenvalue weighted by Gasteiger charge is 2.50. The smallest absolute Gasteiger partial charge is 0.192 e. The number of rotatable bonds is 3. The molecule has 0 amide bonds. The minimum Gasteiger partial charge on any atom is -0.492 e. The normalized spacial score (nSPS) is 32.4. The number of fused-ring (bicyclic) bond motifs is 1. The van der Waals surface area contributed by atoms with Gasteiger partial charge in [0.15, 0.2) is 14.1 Å². The van der Waals surface area contributed by atoms with Crippen molar-refractivity contribution in [3.63, 3.8) is 0 Å². The van der Waals surface area contributed by atoms with Crippen LogP contribution in [0.5, 0.6) is 0 Å². The van der Waals surface area contributed by atoms with Crippen LogP contribution in [-0.4, -0.2) is 39.0 Å². The highest BCUT2D eigenvalue weighted by Crippen LogP contribution is 2.41. The lowest BCUT2D eigenvalue weighted by Gasteiger charge is -2.38. The summed E-state index contributed by atoms with van der Waals surface area (Å²) >= 11 is 2.26. The predicted molar refractivity (Wildman–Crippen MR) is 94.0 cm³/mol. The summed E-state index contributed by atoms with van der Waals surface area (Å²) in [6.45, 7) is 15.7. The maximum Gasteiger partial charge on any atom is 0.192 e. The first kappa shape index (κ1) is 17.7. The summed E-state index contributed by atoms with van der Waals surface area (Å²) in [5, 5.41) is 0.192. The molecule has 2 aliphatic rings. The van der Waals surface area contributed by atoms with Gasteiger partial charge < -0.3 is 18.6 Å². The zero-order valence-electron chi connectivity index (χ0n) is 14.0. The van der Waals surface area contributed by atoms with Gasteiger partial charge in [-0.2, -0.15) is 0 Å². The van der Waals surface area contributed by atoms with Gasteiger partial charge in [-0.05, 0) is 54.6 Å². The molecule has 3 atom stereocenters. The molecule has 0 unspecified atom stereocenters. The first-order valence-electron chi connectivity index (χ1n) is 7.44. The van der Waals surface area contributed by atoms with E-state index < -0.39 is 14.1 Å². The summed E-state index contributed by atoms with van der Waals surface area (Å²) in [7, 11) is -1.78. The van der Waals surface area contributed by atoms with Crippen LogP contribution in [-0.2, 0) is 18.6 Å². The molecule has 2 aliphatic heterocycles. The molecule has 1 fully saturated rings. The SMILES string of the molecule is CC1(C)O[C@@H]2[C@@H](CO[Si](C)(C)C(C)(C)C)OC=C(I)[C@@H]2O1. The van der Waals surface area contributed by atoms with Crippen molar-refractivity contribution in [1.82, 2.24) is 0 Å². The summed E-state index contributed by atoms with van der Waals surface area (Å²) in [5.74, 6) is -0.567. The van der Waals surface area contributed by atoms with Gasteiger partial charge in [-0.3, -0.25) is 0 Å². The molecule has 6 heteroatoms. The number of hydrogen-bond acceptors (Lipinski definition) is 4. The summed E-state index contributed by atoms with van der Waals surface area (Å²) in [5.41, 5.74) is 0. The van der Waals surface area contributed by atoms with Gasteiger partial charge in [-0.15, -0.1) is 0 Å². The highest BCUT2D eigenvalue weighted by atomic mass is 127. The van der Waals surface area contributed by atoms with E-state index in [9.17, 15) is 0 Å². The summed E-state index contributed by atoms with van der Waals surface area (Å²) in [4.78, 5) is 0. The molecule has 0 aromatic rings. The Kier molecular flexibility index (Phi) is 4.87. The number of hydrogen-bond donors (Lipinski definition) is 0. The van der Waals surface area contributed by atoms with Crippen molar-refractivity contribution in [2.45, 2.75) is 76.8 Å². The van der Waals surface area contributed by atoms with E-state index in [1.165, 1.54) is 0 Å². The van der Waals surface area contributed by atoms with Crippen molar-refractivity contribution in [2.75, 3.05) is 6.61 Å². The monoisotopic (exact) mass is 426 g/mol. The Morgan fingerprint density at radius 1 is 1.29 bits per heavy atom. The number of ether oxygens (including phenoxy) is 3. The fourth-order valence-electron chi connectivity index (χ4n) is 2.21. The van der Waals surface area contributed by atoms with Gasteiger partial charge in [0.05, 0.1) is 16.4 Å². The van der Waals surface area contributed by atoms with Crippen LogP contribution in [0.25, 0.3) is 0 Å². The quantitative estimate of drug-likeness (QED) is 0.501. The average molecular weight is 426 g/mol. The third-order valence-corrected chi connectivity index (χ3v) is 9.91. The Balaban J connectivity index is 2.05. The topological polar surface area (TPSA) is 36.9 Å². The van der Waals surface area contributed by atoms with E-state index in [1.54, 1.807) is 6.26 Å². The Bertz CT molecular complexity index is 428. The molecule has 0 aromatic heterocycles. The van der Waals surface area contributed by atoms with Crippen molar-refractivity contribution in [3.8, 4) is 0 Å². The van der Waals surface area contributed by atoms with Crippen LogP contribution in [0.15, 0.2) is 9.84 Å². The molecule has 0 aromatic carbocycles. The second-order valence-corrected chi connectivity index (χ2v) is 13.8. The van der Waals surface area contributed by atoms with E-state index in [4.69, 9.17) is 18.6 Å². The summed E-state index contributed by atoms with van der Waals surface area (Å²) in [6, 6.07) is 0.